The maximum atomic E-state index is 11.9. The molecule has 1 aromatic heterocycles. The number of aromatic nitrogens is 2. The molecule has 1 heterocycles. The third kappa shape index (κ3) is 3.56. The van der Waals surface area contributed by atoms with Crippen LogP contribution < -0.4 is 11.2 Å². The highest BCUT2D eigenvalue weighted by molar-refractivity contribution is 5.77. The number of amides is 1. The number of carbonyl (C=O) groups is 2. The van der Waals surface area contributed by atoms with E-state index < -0.39 is 29.0 Å². The fraction of sp³-hybridized carbons (Fsp3) is 0.500. The molecule has 0 spiro atoms. The molecule has 0 aromatic carbocycles. The summed E-state index contributed by atoms with van der Waals surface area (Å²) in [6.07, 6.45) is 1.25. The van der Waals surface area contributed by atoms with Gasteiger partial charge in [-0.05, 0) is 0 Å². The fourth-order valence-electron chi connectivity index (χ4n) is 1.59. The molecular formula is C12H17N3O5. The zero-order valence-corrected chi connectivity index (χ0v) is 11.6. The molecule has 0 saturated heterocycles. The van der Waals surface area contributed by atoms with Crippen LogP contribution in [0, 0.1) is 5.92 Å². The number of rotatable bonds is 5. The molecule has 8 heteroatoms. The van der Waals surface area contributed by atoms with Crippen LogP contribution in [0.3, 0.4) is 0 Å². The molecule has 1 atom stereocenters. The van der Waals surface area contributed by atoms with Gasteiger partial charge in [0.1, 0.15) is 6.54 Å². The van der Waals surface area contributed by atoms with Crippen molar-refractivity contribution in [2.24, 2.45) is 13.0 Å². The fourth-order valence-corrected chi connectivity index (χ4v) is 1.59. The van der Waals surface area contributed by atoms with E-state index in [4.69, 9.17) is 5.11 Å². The second-order valence-corrected chi connectivity index (χ2v) is 4.64. The van der Waals surface area contributed by atoms with E-state index in [0.29, 0.717) is 0 Å². The van der Waals surface area contributed by atoms with Gasteiger partial charge in [-0.3, -0.25) is 23.5 Å². The zero-order chi connectivity index (χ0) is 15.4. The van der Waals surface area contributed by atoms with E-state index in [1.807, 2.05) is 0 Å². The lowest BCUT2D eigenvalue weighted by molar-refractivity contribution is -0.142. The minimum Gasteiger partial charge on any atom is -0.481 e. The molecule has 0 bridgehead atoms. The molecule has 1 rings (SSSR count). The van der Waals surface area contributed by atoms with Crippen molar-refractivity contribution in [2.75, 3.05) is 13.6 Å². The first-order valence-corrected chi connectivity index (χ1v) is 5.97. The van der Waals surface area contributed by atoms with E-state index in [9.17, 15) is 19.2 Å². The van der Waals surface area contributed by atoms with Gasteiger partial charge >= 0.3 is 11.7 Å². The van der Waals surface area contributed by atoms with Crippen LogP contribution in [0.25, 0.3) is 0 Å². The average molecular weight is 283 g/mol. The number of aliphatic carboxylic acids is 1. The monoisotopic (exact) mass is 283 g/mol. The Hall–Kier alpha value is -2.38. The number of nitrogens with zero attached hydrogens (tertiary/aromatic N) is 3. The van der Waals surface area contributed by atoms with Crippen molar-refractivity contribution in [3.8, 4) is 0 Å². The van der Waals surface area contributed by atoms with Gasteiger partial charge in [0.15, 0.2) is 0 Å². The number of hydrogen-bond donors (Lipinski definition) is 1. The summed E-state index contributed by atoms with van der Waals surface area (Å²) in [4.78, 5) is 46.8. The van der Waals surface area contributed by atoms with Crippen molar-refractivity contribution in [3.05, 3.63) is 33.1 Å². The molecule has 1 unspecified atom stereocenters. The molecule has 0 radical (unpaired) electrons. The van der Waals surface area contributed by atoms with Crippen LogP contribution in [0.2, 0.25) is 0 Å². The molecule has 8 nitrogen and oxygen atoms in total. The van der Waals surface area contributed by atoms with E-state index in [0.717, 1.165) is 9.13 Å². The minimum atomic E-state index is -0.996. The summed E-state index contributed by atoms with van der Waals surface area (Å²) in [5.41, 5.74) is -1.04. The van der Waals surface area contributed by atoms with Gasteiger partial charge in [0.25, 0.3) is 5.56 Å². The molecule has 0 aliphatic carbocycles. The molecule has 1 amide bonds. The molecule has 0 aliphatic heterocycles. The quantitative estimate of drug-likeness (QED) is 0.725. The van der Waals surface area contributed by atoms with Crippen molar-refractivity contribution >= 4 is 11.9 Å². The van der Waals surface area contributed by atoms with E-state index in [2.05, 4.69) is 0 Å². The lowest BCUT2D eigenvalue weighted by Gasteiger charge is -2.20. The summed E-state index contributed by atoms with van der Waals surface area (Å²) >= 11 is 0. The summed E-state index contributed by atoms with van der Waals surface area (Å²) in [6, 6.07) is 1.19. The van der Waals surface area contributed by atoms with Crippen LogP contribution in [-0.4, -0.2) is 44.6 Å². The Bertz CT molecular complexity index is 631. The van der Waals surface area contributed by atoms with Crippen LogP contribution in [0.4, 0.5) is 0 Å². The summed E-state index contributed by atoms with van der Waals surface area (Å²) in [5.74, 6) is -2.09. The highest BCUT2D eigenvalue weighted by Gasteiger charge is 2.18. The molecular weight excluding hydrogens is 266 g/mol. The number of carboxylic acid groups (broad SMARTS) is 1. The summed E-state index contributed by atoms with van der Waals surface area (Å²) in [6.45, 7) is 1.30. The Morgan fingerprint density at radius 3 is 2.55 bits per heavy atom. The van der Waals surface area contributed by atoms with Crippen molar-refractivity contribution < 1.29 is 14.7 Å². The highest BCUT2D eigenvalue weighted by Crippen LogP contribution is 1.99. The summed E-state index contributed by atoms with van der Waals surface area (Å²) in [5, 5.41) is 8.78. The maximum Gasteiger partial charge on any atom is 0.331 e. The normalized spacial score (nSPS) is 11.9. The zero-order valence-electron chi connectivity index (χ0n) is 11.6. The van der Waals surface area contributed by atoms with Gasteiger partial charge in [0.05, 0.1) is 5.92 Å². The molecule has 110 valence electrons. The number of carbonyl (C=O) groups excluding carboxylic acids is 1. The van der Waals surface area contributed by atoms with E-state index in [1.165, 1.54) is 38.2 Å². The smallest absolute Gasteiger partial charge is 0.331 e. The standard InChI is InChI=1S/C12H17N3O5/c1-8(11(18)19)6-13(2)10(17)7-15-5-4-9(16)14(3)12(15)20/h4-5,8H,6-7H2,1-3H3,(H,18,19). The molecule has 1 aromatic rings. The minimum absolute atomic E-state index is 0.0503. The van der Waals surface area contributed by atoms with Crippen LogP contribution in [0.5, 0.6) is 0 Å². The lowest BCUT2D eigenvalue weighted by Crippen LogP contribution is -2.41. The van der Waals surface area contributed by atoms with Gasteiger partial charge in [-0.2, -0.15) is 0 Å². The predicted molar refractivity (Wildman–Crippen MR) is 70.4 cm³/mol. The van der Waals surface area contributed by atoms with E-state index in [1.54, 1.807) is 0 Å². The maximum absolute atomic E-state index is 11.9. The molecule has 0 saturated carbocycles. The van der Waals surface area contributed by atoms with Gasteiger partial charge in [0.2, 0.25) is 5.91 Å². The Morgan fingerprint density at radius 2 is 2.00 bits per heavy atom. The SMILES string of the molecule is CC(CN(C)C(=O)Cn1ccc(=O)n(C)c1=O)C(=O)O. The number of carboxylic acids is 1. The number of hydrogen-bond acceptors (Lipinski definition) is 4. The lowest BCUT2D eigenvalue weighted by atomic mass is 10.2. The Balaban J connectivity index is 2.81. The van der Waals surface area contributed by atoms with Crippen molar-refractivity contribution in [3.63, 3.8) is 0 Å². The van der Waals surface area contributed by atoms with E-state index >= 15 is 0 Å². The topological polar surface area (TPSA) is 102 Å². The van der Waals surface area contributed by atoms with Crippen molar-refractivity contribution in [2.45, 2.75) is 13.5 Å². The van der Waals surface area contributed by atoms with Crippen molar-refractivity contribution in [1.82, 2.24) is 14.0 Å². The predicted octanol–water partition coefficient (Wildman–Crippen LogP) is -1.27. The first-order valence-electron chi connectivity index (χ1n) is 5.97. The Labute approximate surface area is 114 Å². The van der Waals surface area contributed by atoms with Crippen LogP contribution in [0.15, 0.2) is 21.9 Å². The van der Waals surface area contributed by atoms with Gasteiger partial charge in [-0.25, -0.2) is 4.79 Å². The summed E-state index contributed by atoms with van der Waals surface area (Å²) in [7, 11) is 2.79. The average Bonchev–Trinajstić information content (AvgIpc) is 2.39. The first-order chi connectivity index (χ1) is 9.23. The molecule has 20 heavy (non-hydrogen) atoms. The van der Waals surface area contributed by atoms with Crippen LogP contribution >= 0.6 is 0 Å². The molecule has 0 aliphatic rings. The highest BCUT2D eigenvalue weighted by atomic mass is 16.4. The van der Waals surface area contributed by atoms with Gasteiger partial charge < -0.3 is 10.0 Å². The van der Waals surface area contributed by atoms with E-state index in [-0.39, 0.29) is 13.1 Å². The van der Waals surface area contributed by atoms with Crippen molar-refractivity contribution in [1.29, 1.82) is 0 Å². The largest absolute Gasteiger partial charge is 0.481 e. The molecule has 1 N–H and O–H groups in total. The summed E-state index contributed by atoms with van der Waals surface area (Å²) < 4.78 is 2.00. The third-order valence-electron chi connectivity index (χ3n) is 2.96. The van der Waals surface area contributed by atoms with Crippen LogP contribution in [-0.2, 0) is 23.2 Å². The molecule has 0 fully saturated rings. The third-order valence-corrected chi connectivity index (χ3v) is 2.96. The van der Waals surface area contributed by atoms with Gasteiger partial charge in [-0.1, -0.05) is 6.92 Å². The van der Waals surface area contributed by atoms with Crippen LogP contribution in [0.1, 0.15) is 6.92 Å². The first kappa shape index (κ1) is 15.7. The second kappa shape index (κ2) is 6.18. The van der Waals surface area contributed by atoms with Gasteiger partial charge in [0, 0.05) is 32.9 Å². The Morgan fingerprint density at radius 1 is 1.40 bits per heavy atom. The van der Waals surface area contributed by atoms with Gasteiger partial charge in [-0.15, -0.1) is 0 Å². The second-order valence-electron chi connectivity index (χ2n) is 4.64. The Kier molecular flexibility index (Phi) is 4.84. The number of likely N-dealkylation sites (N-methyl/N-ethyl adjacent to an activating group) is 1.